The van der Waals surface area contributed by atoms with Gasteiger partial charge in [0, 0.05) is 12.6 Å². The molecule has 82 valence electrons. The average molecular weight is 189 g/mol. The molecule has 0 aromatic carbocycles. The predicted molar refractivity (Wildman–Crippen MR) is 62.1 cm³/mol. The second-order valence-electron chi connectivity index (χ2n) is 1.93. The number of likely N-dealkylation sites (N-methyl/N-ethyl adjacent to an activating group) is 1. The third-order valence-corrected chi connectivity index (χ3v) is 1.24. The van der Waals surface area contributed by atoms with Gasteiger partial charge in [0.2, 0.25) is 0 Å². The van der Waals surface area contributed by atoms with E-state index in [9.17, 15) is 0 Å². The molecule has 0 heterocycles. The molecule has 0 bridgehead atoms. The van der Waals surface area contributed by atoms with Crippen molar-refractivity contribution < 1.29 is 5.11 Å². The molecule has 2 heteroatoms. The Hall–Kier alpha value is -0.340. The Morgan fingerprint density at radius 1 is 1.23 bits per heavy atom. The van der Waals surface area contributed by atoms with Crippen LogP contribution in [0.25, 0.3) is 0 Å². The van der Waals surface area contributed by atoms with Crippen LogP contribution in [0.15, 0.2) is 12.2 Å². The largest absolute Gasteiger partial charge is 0.396 e. The Bertz CT molecular complexity index is 82.2. The van der Waals surface area contributed by atoms with Gasteiger partial charge < -0.3 is 10.4 Å². The van der Waals surface area contributed by atoms with Gasteiger partial charge in [-0.15, -0.1) is 0 Å². The van der Waals surface area contributed by atoms with Crippen molar-refractivity contribution in [2.45, 2.75) is 47.1 Å². The summed E-state index contributed by atoms with van der Waals surface area (Å²) in [7, 11) is 1.89. The SMILES string of the molecule is C/C=C/[C@@H](CCO)NC.CC.CC. The summed E-state index contributed by atoms with van der Waals surface area (Å²) in [6.07, 6.45) is 4.81. The minimum atomic E-state index is 0.246. The lowest BCUT2D eigenvalue weighted by Crippen LogP contribution is -2.23. The first-order chi connectivity index (χ1) is 6.35. The maximum absolute atomic E-state index is 8.52. The quantitative estimate of drug-likeness (QED) is 0.666. The molecule has 2 N–H and O–H groups in total. The van der Waals surface area contributed by atoms with Gasteiger partial charge in [-0.25, -0.2) is 0 Å². The highest BCUT2D eigenvalue weighted by Gasteiger charge is 1.96. The first kappa shape index (κ1) is 18.4. The number of rotatable bonds is 4. The molecule has 0 radical (unpaired) electrons. The number of allylic oxidation sites excluding steroid dienone is 1. The van der Waals surface area contributed by atoms with Crippen molar-refractivity contribution in [2.75, 3.05) is 13.7 Å². The minimum Gasteiger partial charge on any atom is -0.396 e. The highest BCUT2D eigenvalue weighted by Crippen LogP contribution is 1.90. The number of aliphatic hydroxyl groups is 1. The van der Waals surface area contributed by atoms with E-state index < -0.39 is 0 Å². The van der Waals surface area contributed by atoms with Gasteiger partial charge in [-0.1, -0.05) is 39.8 Å². The molecule has 1 atom stereocenters. The van der Waals surface area contributed by atoms with E-state index in [2.05, 4.69) is 5.32 Å². The van der Waals surface area contributed by atoms with Crippen molar-refractivity contribution >= 4 is 0 Å². The molecule has 0 aliphatic rings. The molecule has 2 nitrogen and oxygen atoms in total. The lowest BCUT2D eigenvalue weighted by molar-refractivity contribution is 0.277. The molecule has 0 aliphatic heterocycles. The van der Waals surface area contributed by atoms with Gasteiger partial charge in [0.15, 0.2) is 0 Å². The standard InChI is InChI=1S/C7H15NO.2C2H6/c1-3-4-7(8-2)5-6-9;2*1-2/h3-4,7-9H,5-6H2,1-2H3;2*1-2H3/b4-3+;;/t7-;;/m0../s1. The van der Waals surface area contributed by atoms with E-state index in [0.29, 0.717) is 6.04 Å². The van der Waals surface area contributed by atoms with E-state index in [1.54, 1.807) is 0 Å². The summed E-state index contributed by atoms with van der Waals surface area (Å²) in [5.74, 6) is 0. The lowest BCUT2D eigenvalue weighted by atomic mass is 10.2. The number of aliphatic hydroxyl groups excluding tert-OH is 1. The van der Waals surface area contributed by atoms with Crippen LogP contribution in [0.3, 0.4) is 0 Å². The van der Waals surface area contributed by atoms with Gasteiger partial charge in [0.25, 0.3) is 0 Å². The van der Waals surface area contributed by atoms with Crippen molar-refractivity contribution in [3.63, 3.8) is 0 Å². The fourth-order valence-electron chi connectivity index (χ4n) is 0.708. The summed E-state index contributed by atoms with van der Waals surface area (Å²) < 4.78 is 0. The molecular formula is C11H27NO. The summed E-state index contributed by atoms with van der Waals surface area (Å²) in [5.41, 5.74) is 0. The fourth-order valence-corrected chi connectivity index (χ4v) is 0.708. The Kier molecular flexibility index (Phi) is 32.0. The van der Waals surface area contributed by atoms with Crippen LogP contribution in [0.2, 0.25) is 0 Å². The van der Waals surface area contributed by atoms with Crippen molar-refractivity contribution in [2.24, 2.45) is 0 Å². The summed E-state index contributed by atoms with van der Waals surface area (Å²) in [6, 6.07) is 0.333. The molecule has 0 fully saturated rings. The van der Waals surface area contributed by atoms with Gasteiger partial charge >= 0.3 is 0 Å². The van der Waals surface area contributed by atoms with Crippen molar-refractivity contribution in [1.82, 2.24) is 5.32 Å². The second kappa shape index (κ2) is 22.6. The Morgan fingerprint density at radius 2 is 1.69 bits per heavy atom. The van der Waals surface area contributed by atoms with Crippen LogP contribution in [0.1, 0.15) is 41.0 Å². The Morgan fingerprint density at radius 3 is 1.92 bits per heavy atom. The first-order valence-electron chi connectivity index (χ1n) is 5.26. The topological polar surface area (TPSA) is 32.3 Å². The van der Waals surface area contributed by atoms with E-state index in [0.717, 1.165) is 6.42 Å². The van der Waals surface area contributed by atoms with Crippen molar-refractivity contribution in [3.8, 4) is 0 Å². The van der Waals surface area contributed by atoms with Gasteiger partial charge in [0.1, 0.15) is 0 Å². The number of hydrogen-bond acceptors (Lipinski definition) is 2. The summed E-state index contributed by atoms with van der Waals surface area (Å²) in [5, 5.41) is 11.6. The normalized spacial score (nSPS) is 11.0. The van der Waals surface area contributed by atoms with Crippen LogP contribution in [0.4, 0.5) is 0 Å². The van der Waals surface area contributed by atoms with Gasteiger partial charge in [0.05, 0.1) is 0 Å². The first-order valence-corrected chi connectivity index (χ1v) is 5.26. The van der Waals surface area contributed by atoms with E-state index in [4.69, 9.17) is 5.11 Å². The zero-order valence-electron chi connectivity index (χ0n) is 10.1. The minimum absolute atomic E-state index is 0.246. The molecule has 0 unspecified atom stereocenters. The van der Waals surface area contributed by atoms with Crippen LogP contribution in [0.5, 0.6) is 0 Å². The maximum Gasteiger partial charge on any atom is 0.0448 e. The zero-order valence-corrected chi connectivity index (χ0v) is 10.1. The van der Waals surface area contributed by atoms with Crippen LogP contribution in [-0.2, 0) is 0 Å². The fraction of sp³-hybridized carbons (Fsp3) is 0.818. The predicted octanol–water partition coefficient (Wildman–Crippen LogP) is 2.59. The zero-order chi connectivity index (χ0) is 11.1. The molecule has 0 saturated heterocycles. The third-order valence-electron chi connectivity index (χ3n) is 1.24. The Balaban J connectivity index is -0.000000218. The van der Waals surface area contributed by atoms with Gasteiger partial charge in [-0.3, -0.25) is 0 Å². The summed E-state index contributed by atoms with van der Waals surface area (Å²) in [6.45, 7) is 10.2. The molecule has 0 aliphatic carbocycles. The highest BCUT2D eigenvalue weighted by atomic mass is 16.3. The van der Waals surface area contributed by atoms with Gasteiger partial charge in [-0.2, -0.15) is 0 Å². The number of nitrogens with one attached hydrogen (secondary N) is 1. The summed E-state index contributed by atoms with van der Waals surface area (Å²) >= 11 is 0. The molecule has 0 aromatic rings. The number of hydrogen-bond donors (Lipinski definition) is 2. The maximum atomic E-state index is 8.52. The molecule has 0 spiro atoms. The molecule has 13 heavy (non-hydrogen) atoms. The van der Waals surface area contributed by atoms with Crippen LogP contribution in [0, 0.1) is 0 Å². The molecule has 0 saturated carbocycles. The molecule has 0 rings (SSSR count). The molecule has 0 amide bonds. The average Bonchev–Trinajstić information content (AvgIpc) is 2.23. The monoisotopic (exact) mass is 189 g/mol. The van der Waals surface area contributed by atoms with E-state index in [1.807, 2.05) is 53.8 Å². The second-order valence-corrected chi connectivity index (χ2v) is 1.93. The lowest BCUT2D eigenvalue weighted by Gasteiger charge is -2.07. The van der Waals surface area contributed by atoms with Crippen molar-refractivity contribution in [3.05, 3.63) is 12.2 Å². The molecular weight excluding hydrogens is 162 g/mol. The van der Waals surface area contributed by atoms with E-state index in [-0.39, 0.29) is 6.61 Å². The highest BCUT2D eigenvalue weighted by molar-refractivity contribution is 4.89. The van der Waals surface area contributed by atoms with Gasteiger partial charge in [-0.05, 0) is 20.4 Å². The molecule has 0 aromatic heterocycles. The third kappa shape index (κ3) is 18.5. The van der Waals surface area contributed by atoms with E-state index >= 15 is 0 Å². The smallest absolute Gasteiger partial charge is 0.0448 e. The van der Waals surface area contributed by atoms with Crippen molar-refractivity contribution in [1.29, 1.82) is 0 Å². The van der Waals surface area contributed by atoms with Crippen LogP contribution >= 0.6 is 0 Å². The van der Waals surface area contributed by atoms with E-state index in [1.165, 1.54) is 0 Å². The summed E-state index contributed by atoms with van der Waals surface area (Å²) in [4.78, 5) is 0. The van der Waals surface area contributed by atoms with Crippen LogP contribution < -0.4 is 5.32 Å². The van der Waals surface area contributed by atoms with Crippen LogP contribution in [-0.4, -0.2) is 24.8 Å². The Labute approximate surface area is 84.1 Å².